The summed E-state index contributed by atoms with van der Waals surface area (Å²) in [5, 5.41) is 38.5. The number of carboxylic acids is 3. The molecule has 0 saturated carbocycles. The molecule has 3 aromatic rings. The highest BCUT2D eigenvalue weighted by molar-refractivity contribution is 7.94. The van der Waals surface area contributed by atoms with Crippen LogP contribution in [0.4, 0.5) is 11.6 Å². The van der Waals surface area contributed by atoms with E-state index in [0.717, 1.165) is 22.0 Å². The Kier molecular flexibility index (Phi) is 9.83. The standard InChI is InChI=1S/C29H30N12O11S/c30-29-36-22-21(24(46)37-29)34-14(9-33-22)8-31-13-3-1-12(2-4-13)23(45)35-15(27(49)50)5-6-19(42)32-10-16-25(47)39-17(7-20(43)44)26(48)40-18(28(51)52)11-53-41(39,40)38-16/h1-4,9,15-18,38H,5-8,10-11H2,(H8-,30,31,32,33,35,36,37,42,43,44,45,46,49,50,51,52)/p+1. The van der Waals surface area contributed by atoms with Gasteiger partial charge >= 0.3 is 23.8 Å². The minimum absolute atomic E-state index is 0.0134. The van der Waals surface area contributed by atoms with Crippen molar-refractivity contribution in [1.29, 1.82) is 0 Å². The summed E-state index contributed by atoms with van der Waals surface area (Å²) in [6, 6.07) is 0.550. The molecule has 10 N–H and O–H groups in total. The van der Waals surface area contributed by atoms with Gasteiger partial charge in [0.1, 0.15) is 6.04 Å². The number of anilines is 2. The molecule has 278 valence electrons. The number of carboxylic acid groups (broad SMARTS) is 3. The third kappa shape index (κ3) is 7.09. The van der Waals surface area contributed by atoms with Crippen LogP contribution in [-0.2, 0) is 35.3 Å². The lowest BCUT2D eigenvalue weighted by molar-refractivity contribution is -1.01. The van der Waals surface area contributed by atoms with Gasteiger partial charge in [0.05, 0.1) is 30.6 Å². The Morgan fingerprint density at radius 3 is 2.45 bits per heavy atom. The van der Waals surface area contributed by atoms with Crippen molar-refractivity contribution < 1.29 is 53.1 Å². The number of carbonyl (C=O) groups is 7. The number of nitrogens with one attached hydrogen (secondary N) is 5. The summed E-state index contributed by atoms with van der Waals surface area (Å²) >= 11 is 0.889. The number of rotatable bonds is 14. The number of nitrogen functional groups attached to an aromatic ring is 1. The number of fused-ring (bicyclic) bond motifs is 1. The molecule has 5 atom stereocenters. The topological polar surface area (TPSA) is 332 Å². The molecule has 53 heavy (non-hydrogen) atoms. The van der Waals surface area contributed by atoms with Crippen LogP contribution in [0.3, 0.4) is 0 Å². The molecule has 0 aliphatic carbocycles. The number of nitrogens with two attached hydrogens (primary N) is 1. The second-order valence-electron chi connectivity index (χ2n) is 12.0. The second-order valence-corrected chi connectivity index (χ2v) is 13.1. The molecule has 4 amide bonds. The zero-order valence-corrected chi connectivity index (χ0v) is 28.0. The molecular formula is C29H31N12O11S+. The van der Waals surface area contributed by atoms with Gasteiger partial charge in [-0.05, 0) is 30.7 Å². The molecule has 24 heteroatoms. The van der Waals surface area contributed by atoms with Crippen molar-refractivity contribution in [2.24, 2.45) is 0 Å². The van der Waals surface area contributed by atoms with Crippen LogP contribution in [0.5, 0.6) is 0 Å². The maximum atomic E-state index is 13.4. The molecule has 1 spiro atoms. The fraction of sp³-hybridized carbons (Fsp3) is 0.345. The number of H-pyrrole nitrogens is 1. The smallest absolute Gasteiger partial charge is 0.333 e. The molecule has 5 heterocycles. The lowest BCUT2D eigenvalue weighted by atomic mass is 10.1. The van der Waals surface area contributed by atoms with Crippen molar-refractivity contribution >= 4 is 76.3 Å². The van der Waals surface area contributed by atoms with Crippen molar-refractivity contribution in [1.82, 2.24) is 46.0 Å². The number of aliphatic carboxylic acids is 3. The molecule has 5 unspecified atom stereocenters. The van der Waals surface area contributed by atoms with E-state index in [4.69, 9.17) is 5.73 Å². The van der Waals surface area contributed by atoms with E-state index < -0.39 is 81.9 Å². The summed E-state index contributed by atoms with van der Waals surface area (Å²) in [5.41, 5.74) is 9.04. The molecule has 1 aromatic carbocycles. The van der Waals surface area contributed by atoms with E-state index in [2.05, 4.69) is 41.3 Å². The maximum absolute atomic E-state index is 13.4. The van der Waals surface area contributed by atoms with Crippen LogP contribution in [0.25, 0.3) is 11.2 Å². The van der Waals surface area contributed by atoms with Crippen molar-refractivity contribution in [3.05, 3.63) is 52.1 Å². The quantitative estimate of drug-likeness (QED) is 0.0590. The van der Waals surface area contributed by atoms with E-state index in [1.165, 1.54) is 18.3 Å². The molecule has 3 saturated heterocycles. The Morgan fingerprint density at radius 1 is 1.04 bits per heavy atom. The Labute approximate surface area is 300 Å². The monoisotopic (exact) mass is 755 g/mol. The van der Waals surface area contributed by atoms with Crippen LogP contribution in [0.15, 0.2) is 35.3 Å². The SMILES string of the molecule is Nc1nc2ncc(CNc3ccc(C(=O)NC(CCC(=O)NCC4N[N+]56SCC(C(=O)O)N5C(=O)C(CC(=O)O)N6C4=O)C(=O)O)cc3)nc2c(=O)[nH]1. The first-order valence-electron chi connectivity index (χ1n) is 15.8. The van der Waals surface area contributed by atoms with E-state index >= 15 is 0 Å². The van der Waals surface area contributed by atoms with E-state index in [1.54, 1.807) is 12.1 Å². The van der Waals surface area contributed by atoms with Crippen LogP contribution < -0.4 is 32.7 Å². The lowest BCUT2D eigenvalue weighted by Crippen LogP contribution is -2.62. The van der Waals surface area contributed by atoms with Crippen LogP contribution in [0.1, 0.15) is 35.3 Å². The number of carbonyl (C=O) groups excluding carboxylic acids is 4. The van der Waals surface area contributed by atoms with E-state index in [1.807, 2.05) is 0 Å². The molecule has 2 aromatic heterocycles. The van der Waals surface area contributed by atoms with E-state index in [0.29, 0.717) is 11.4 Å². The summed E-state index contributed by atoms with van der Waals surface area (Å²) in [6.45, 7) is -0.186. The first-order chi connectivity index (χ1) is 25.2. The molecular weight excluding hydrogens is 724 g/mol. The fourth-order valence-corrected chi connectivity index (χ4v) is 7.45. The van der Waals surface area contributed by atoms with Crippen LogP contribution in [-0.4, -0.2) is 127 Å². The largest absolute Gasteiger partial charge is 0.481 e. The first-order valence-corrected chi connectivity index (χ1v) is 16.7. The van der Waals surface area contributed by atoms with Crippen molar-refractivity contribution in [2.45, 2.75) is 50.0 Å². The Balaban J connectivity index is 1.00. The van der Waals surface area contributed by atoms with Crippen LogP contribution in [0, 0.1) is 0 Å². The normalized spacial score (nSPS) is 22.3. The third-order valence-corrected chi connectivity index (χ3v) is 9.75. The van der Waals surface area contributed by atoms with Gasteiger partial charge < -0.3 is 37.0 Å². The van der Waals surface area contributed by atoms with E-state index in [9.17, 15) is 53.7 Å². The van der Waals surface area contributed by atoms with Gasteiger partial charge in [0, 0.05) is 28.4 Å². The molecule has 0 radical (unpaired) electrons. The number of aromatic amines is 1. The summed E-state index contributed by atoms with van der Waals surface area (Å²) in [6.07, 6.45) is -0.0369. The minimum Gasteiger partial charge on any atom is -0.481 e. The number of aromatic nitrogens is 4. The minimum atomic E-state index is -1.48. The number of quaternary nitrogens is 1. The lowest BCUT2D eigenvalue weighted by Gasteiger charge is -2.30. The molecule has 3 aliphatic heterocycles. The third-order valence-electron chi connectivity index (χ3n) is 8.47. The molecule has 0 bridgehead atoms. The van der Waals surface area contributed by atoms with Gasteiger partial charge in [0.15, 0.2) is 41.2 Å². The zero-order chi connectivity index (χ0) is 38.2. The van der Waals surface area contributed by atoms with Crippen LogP contribution in [0.2, 0.25) is 0 Å². The zero-order valence-electron chi connectivity index (χ0n) is 27.2. The summed E-state index contributed by atoms with van der Waals surface area (Å²) < 4.78 is -0.785. The molecule has 3 fully saturated rings. The summed E-state index contributed by atoms with van der Waals surface area (Å²) in [7, 11) is 0. The predicted molar refractivity (Wildman–Crippen MR) is 178 cm³/mol. The molecule has 3 aliphatic rings. The van der Waals surface area contributed by atoms with Gasteiger partial charge in [-0.2, -0.15) is 4.98 Å². The van der Waals surface area contributed by atoms with Gasteiger partial charge in [0.25, 0.3) is 17.4 Å². The van der Waals surface area contributed by atoms with Gasteiger partial charge in [0.2, 0.25) is 11.9 Å². The Morgan fingerprint density at radius 2 is 1.77 bits per heavy atom. The Bertz CT molecular complexity index is 2100. The number of nitrogens with zero attached hydrogens (tertiary/aromatic N) is 6. The number of benzene rings is 1. The van der Waals surface area contributed by atoms with Gasteiger partial charge in [-0.15, -0.1) is 10.0 Å². The average Bonchev–Trinajstić information content (AvgIpc) is 3.69. The van der Waals surface area contributed by atoms with Crippen molar-refractivity contribution in [3.63, 3.8) is 0 Å². The number of hydrogen-bond acceptors (Lipinski definition) is 15. The maximum Gasteiger partial charge on any atom is 0.333 e. The van der Waals surface area contributed by atoms with E-state index in [-0.39, 0.29) is 54.4 Å². The summed E-state index contributed by atoms with van der Waals surface area (Å²) in [4.78, 5) is 114. The van der Waals surface area contributed by atoms with Crippen molar-refractivity contribution in [2.75, 3.05) is 23.3 Å². The van der Waals surface area contributed by atoms with Gasteiger partial charge in [-0.1, -0.05) is 5.43 Å². The first kappa shape index (κ1) is 36.4. The molecule has 23 nitrogen and oxygen atoms in total. The average molecular weight is 756 g/mol. The van der Waals surface area contributed by atoms with Crippen molar-refractivity contribution in [3.8, 4) is 0 Å². The Hall–Kier alpha value is -6.40. The number of amides is 4. The van der Waals surface area contributed by atoms with Gasteiger partial charge in [-0.25, -0.2) is 19.6 Å². The highest BCUT2D eigenvalue weighted by Crippen LogP contribution is 2.47. The fourth-order valence-electron chi connectivity index (χ4n) is 5.98. The molecule has 6 rings (SSSR count). The highest BCUT2D eigenvalue weighted by atomic mass is 32.2. The predicted octanol–water partition coefficient (Wildman–Crippen LogP) is -2.85. The second kappa shape index (κ2) is 14.3. The van der Waals surface area contributed by atoms with Gasteiger partial charge in [-0.3, -0.25) is 33.8 Å². The van der Waals surface area contributed by atoms with Crippen LogP contribution >= 0.6 is 11.9 Å². The highest BCUT2D eigenvalue weighted by Gasteiger charge is 2.75. The summed E-state index contributed by atoms with van der Waals surface area (Å²) in [5.74, 6) is -7.30. The number of hydrogen-bond donors (Lipinski definition) is 9.